The lowest BCUT2D eigenvalue weighted by Crippen LogP contribution is -2.39. The number of amides is 3. The van der Waals surface area contributed by atoms with Gasteiger partial charge in [0.25, 0.3) is 11.8 Å². The number of ether oxygens (including phenoxy) is 1. The minimum absolute atomic E-state index is 0.0897. The molecule has 104 valence electrons. The fourth-order valence-corrected chi connectivity index (χ4v) is 1.75. The van der Waals surface area contributed by atoms with Crippen LogP contribution < -0.4 is 5.32 Å². The van der Waals surface area contributed by atoms with Crippen LogP contribution in [0.1, 0.15) is 12.5 Å². The molecule has 0 bridgehead atoms. The van der Waals surface area contributed by atoms with Gasteiger partial charge in [-0.05, 0) is 12.5 Å². The smallest absolute Gasteiger partial charge is 0.424 e. The molecule has 0 aliphatic carbocycles. The van der Waals surface area contributed by atoms with Gasteiger partial charge in [-0.2, -0.15) is 4.90 Å². The molecule has 1 heterocycles. The van der Waals surface area contributed by atoms with Crippen molar-refractivity contribution < 1.29 is 19.1 Å². The summed E-state index contributed by atoms with van der Waals surface area (Å²) in [5.41, 5.74) is 1.05. The molecule has 1 aromatic rings. The van der Waals surface area contributed by atoms with Gasteiger partial charge in [0.05, 0.1) is 6.61 Å². The maximum Gasteiger partial charge on any atom is 0.424 e. The van der Waals surface area contributed by atoms with Gasteiger partial charge < -0.3 is 10.1 Å². The van der Waals surface area contributed by atoms with Gasteiger partial charge in [0, 0.05) is 12.6 Å². The molecule has 0 unspecified atom stereocenters. The molecule has 1 aromatic carbocycles. The van der Waals surface area contributed by atoms with Crippen LogP contribution in [0.4, 0.5) is 4.79 Å². The average molecular weight is 274 g/mol. The predicted octanol–water partition coefficient (Wildman–Crippen LogP) is 1.19. The molecule has 0 saturated heterocycles. The van der Waals surface area contributed by atoms with Crippen molar-refractivity contribution in [3.8, 4) is 0 Å². The van der Waals surface area contributed by atoms with E-state index in [1.807, 2.05) is 30.3 Å². The molecule has 1 aliphatic heterocycles. The molecule has 2 rings (SSSR count). The second-order valence-corrected chi connectivity index (χ2v) is 4.07. The van der Waals surface area contributed by atoms with Crippen LogP contribution in [0.2, 0.25) is 0 Å². The summed E-state index contributed by atoms with van der Waals surface area (Å²) < 4.78 is 4.66. The topological polar surface area (TPSA) is 75.7 Å². The number of benzene rings is 1. The first-order valence-electron chi connectivity index (χ1n) is 6.18. The van der Waals surface area contributed by atoms with Crippen molar-refractivity contribution in [1.82, 2.24) is 10.2 Å². The Morgan fingerprint density at radius 1 is 1.25 bits per heavy atom. The monoisotopic (exact) mass is 274 g/mol. The average Bonchev–Trinajstić information content (AvgIpc) is 2.72. The Balaban J connectivity index is 2.00. The zero-order valence-electron chi connectivity index (χ0n) is 11.0. The van der Waals surface area contributed by atoms with Gasteiger partial charge in [0.2, 0.25) is 0 Å². The summed E-state index contributed by atoms with van der Waals surface area (Å²) >= 11 is 0. The molecule has 1 aliphatic rings. The normalized spacial score (nSPS) is 14.2. The van der Waals surface area contributed by atoms with Crippen molar-refractivity contribution in [2.45, 2.75) is 13.5 Å². The summed E-state index contributed by atoms with van der Waals surface area (Å²) in [5, 5.41) is 2.85. The molecular weight excluding hydrogens is 260 g/mol. The van der Waals surface area contributed by atoms with Crippen molar-refractivity contribution in [2.24, 2.45) is 0 Å². The molecule has 1 N–H and O–H groups in total. The van der Waals surface area contributed by atoms with Crippen LogP contribution in [0, 0.1) is 0 Å². The van der Waals surface area contributed by atoms with Crippen LogP contribution in [0.15, 0.2) is 42.1 Å². The highest BCUT2D eigenvalue weighted by molar-refractivity contribution is 6.23. The third-order valence-corrected chi connectivity index (χ3v) is 2.70. The number of carbonyl (C=O) groups is 3. The molecule has 3 amide bonds. The van der Waals surface area contributed by atoms with Crippen molar-refractivity contribution in [1.29, 1.82) is 0 Å². The minimum Gasteiger partial charge on any atom is -0.449 e. The van der Waals surface area contributed by atoms with Gasteiger partial charge in [-0.3, -0.25) is 9.59 Å². The van der Waals surface area contributed by atoms with Crippen LogP contribution in [-0.4, -0.2) is 29.4 Å². The van der Waals surface area contributed by atoms with E-state index in [0.29, 0.717) is 11.4 Å². The highest BCUT2D eigenvalue weighted by Gasteiger charge is 2.37. The van der Waals surface area contributed by atoms with Crippen LogP contribution in [0.25, 0.3) is 0 Å². The largest absolute Gasteiger partial charge is 0.449 e. The molecule has 0 spiro atoms. The molecule has 0 aromatic heterocycles. The van der Waals surface area contributed by atoms with Crippen molar-refractivity contribution in [2.75, 3.05) is 6.61 Å². The molecule has 0 radical (unpaired) electrons. The van der Waals surface area contributed by atoms with E-state index >= 15 is 0 Å². The van der Waals surface area contributed by atoms with Gasteiger partial charge in [0.15, 0.2) is 0 Å². The Hall–Kier alpha value is -2.63. The van der Waals surface area contributed by atoms with E-state index < -0.39 is 17.9 Å². The summed E-state index contributed by atoms with van der Waals surface area (Å²) in [6.45, 7) is 2.09. The maximum absolute atomic E-state index is 11.9. The molecule has 20 heavy (non-hydrogen) atoms. The van der Waals surface area contributed by atoms with Gasteiger partial charge in [-0.1, -0.05) is 30.3 Å². The lowest BCUT2D eigenvalue weighted by Gasteiger charge is -2.12. The zero-order valence-corrected chi connectivity index (χ0v) is 11.0. The highest BCUT2D eigenvalue weighted by Crippen LogP contribution is 2.12. The molecule has 0 saturated carbocycles. The molecular formula is C14H14N2O4. The van der Waals surface area contributed by atoms with E-state index in [9.17, 15) is 14.4 Å². The number of nitrogens with zero attached hydrogens (tertiary/aromatic N) is 1. The second-order valence-electron chi connectivity index (χ2n) is 4.07. The first-order chi connectivity index (χ1) is 9.63. The summed E-state index contributed by atoms with van der Waals surface area (Å²) in [6, 6.07) is 9.40. The number of imide groups is 3. The Morgan fingerprint density at radius 2 is 1.95 bits per heavy atom. The highest BCUT2D eigenvalue weighted by atomic mass is 16.6. The van der Waals surface area contributed by atoms with E-state index in [4.69, 9.17) is 0 Å². The van der Waals surface area contributed by atoms with Gasteiger partial charge >= 0.3 is 6.09 Å². The third kappa shape index (κ3) is 2.85. The summed E-state index contributed by atoms with van der Waals surface area (Å²) in [4.78, 5) is 35.5. The number of hydrogen-bond acceptors (Lipinski definition) is 5. The zero-order chi connectivity index (χ0) is 14.5. The van der Waals surface area contributed by atoms with Crippen LogP contribution in [0.3, 0.4) is 0 Å². The Morgan fingerprint density at radius 3 is 2.60 bits per heavy atom. The van der Waals surface area contributed by atoms with E-state index in [2.05, 4.69) is 10.1 Å². The van der Waals surface area contributed by atoms with Crippen LogP contribution in [0.5, 0.6) is 0 Å². The maximum atomic E-state index is 11.9. The van der Waals surface area contributed by atoms with Gasteiger partial charge in [0.1, 0.15) is 5.70 Å². The lowest BCUT2D eigenvalue weighted by molar-refractivity contribution is -0.135. The Labute approximate surface area is 116 Å². The molecule has 0 fully saturated rings. The Bertz CT molecular complexity index is 566. The summed E-state index contributed by atoms with van der Waals surface area (Å²) in [7, 11) is 0. The fraction of sp³-hybridized carbons (Fsp3) is 0.214. The number of carbonyl (C=O) groups excluding carboxylic acids is 3. The van der Waals surface area contributed by atoms with Gasteiger partial charge in [-0.25, -0.2) is 4.79 Å². The quantitative estimate of drug-likeness (QED) is 0.834. The fourth-order valence-electron chi connectivity index (χ4n) is 1.75. The van der Waals surface area contributed by atoms with Crippen LogP contribution in [-0.2, 0) is 20.9 Å². The van der Waals surface area contributed by atoms with Gasteiger partial charge in [-0.15, -0.1) is 0 Å². The van der Waals surface area contributed by atoms with Crippen molar-refractivity contribution in [3.63, 3.8) is 0 Å². The van der Waals surface area contributed by atoms with E-state index in [1.54, 1.807) is 6.92 Å². The summed E-state index contributed by atoms with van der Waals surface area (Å²) in [5.74, 6) is -1.38. The van der Waals surface area contributed by atoms with Crippen molar-refractivity contribution >= 4 is 17.9 Å². The number of nitrogens with one attached hydrogen (secondary N) is 1. The third-order valence-electron chi connectivity index (χ3n) is 2.70. The minimum atomic E-state index is -0.949. The van der Waals surface area contributed by atoms with E-state index in [0.717, 1.165) is 11.6 Å². The lowest BCUT2D eigenvalue weighted by atomic mass is 10.2. The Kier molecular flexibility index (Phi) is 4.14. The number of rotatable bonds is 4. The first kappa shape index (κ1) is 13.8. The first-order valence-corrected chi connectivity index (χ1v) is 6.18. The molecule has 0 atom stereocenters. The predicted molar refractivity (Wildman–Crippen MR) is 70.2 cm³/mol. The van der Waals surface area contributed by atoms with E-state index in [-0.39, 0.29) is 12.3 Å². The van der Waals surface area contributed by atoms with E-state index in [1.165, 1.54) is 0 Å². The number of hydrogen-bond donors (Lipinski definition) is 1. The standard InChI is InChI=1S/C14H14N2O4/c1-2-20-14(19)16-12(17)8-11(13(16)18)15-9-10-6-4-3-5-7-10/h3-8,15H,2,9H2,1H3. The molecule has 6 nitrogen and oxygen atoms in total. The second kappa shape index (κ2) is 6.01. The van der Waals surface area contributed by atoms with Crippen molar-refractivity contribution in [3.05, 3.63) is 47.7 Å². The van der Waals surface area contributed by atoms with Crippen LogP contribution >= 0.6 is 0 Å². The molecule has 6 heteroatoms. The summed E-state index contributed by atoms with van der Waals surface area (Å²) in [6.07, 6.45) is 0.151. The SMILES string of the molecule is CCOC(=O)N1C(=O)C=C(NCc2ccccc2)C1=O.